The summed E-state index contributed by atoms with van der Waals surface area (Å²) in [5, 5.41) is 20.3. The van der Waals surface area contributed by atoms with Crippen LogP contribution in [-0.4, -0.2) is 27.9 Å². The lowest BCUT2D eigenvalue weighted by atomic mass is 10.1. The second kappa shape index (κ2) is 3.03. The number of nitro benzene ring substituents is 1. The predicted molar refractivity (Wildman–Crippen MR) is 50.1 cm³/mol. The normalized spacial score (nSPS) is 19.2. The molecule has 0 saturated carbocycles. The molecule has 1 aliphatic heterocycles. The molecule has 0 bridgehead atoms. The van der Waals surface area contributed by atoms with E-state index in [0.29, 0.717) is 0 Å². The van der Waals surface area contributed by atoms with E-state index in [1.54, 1.807) is 0 Å². The molecule has 6 nitrogen and oxygen atoms in total. The van der Waals surface area contributed by atoms with Crippen LogP contribution in [0.1, 0.15) is 22.1 Å². The van der Waals surface area contributed by atoms with Crippen LogP contribution >= 0.6 is 0 Å². The number of amides is 1. The Balaban J connectivity index is 2.69. The summed E-state index contributed by atoms with van der Waals surface area (Å²) < 4.78 is 0. The van der Waals surface area contributed by atoms with Gasteiger partial charge in [0.1, 0.15) is 5.56 Å². The Morgan fingerprint density at radius 2 is 2.20 bits per heavy atom. The molecule has 0 fully saturated rings. The van der Waals surface area contributed by atoms with Gasteiger partial charge in [-0.2, -0.15) is 0 Å². The standard InChI is InChI=1S/C9H8N2O4/c1-10-8(12)5-3-2-4-6(11(14)15)7(5)9(10)13/h2-4,8,12H,1H3. The fraction of sp³-hybridized carbons (Fsp3) is 0.222. The van der Waals surface area contributed by atoms with Gasteiger partial charge in [-0.05, 0) is 0 Å². The first kappa shape index (κ1) is 9.60. The van der Waals surface area contributed by atoms with Crippen LogP contribution in [0, 0.1) is 10.1 Å². The van der Waals surface area contributed by atoms with Gasteiger partial charge in [0.05, 0.1) is 4.92 Å². The lowest BCUT2D eigenvalue weighted by molar-refractivity contribution is -0.385. The minimum absolute atomic E-state index is 0.0162. The number of carbonyl (C=O) groups is 1. The molecule has 1 N–H and O–H groups in total. The lowest BCUT2D eigenvalue weighted by Gasteiger charge is -2.13. The summed E-state index contributed by atoms with van der Waals surface area (Å²) in [5.41, 5.74) is 0.00935. The quantitative estimate of drug-likeness (QED) is 0.543. The van der Waals surface area contributed by atoms with Crippen LogP contribution in [0.3, 0.4) is 0 Å². The topological polar surface area (TPSA) is 83.7 Å². The van der Waals surface area contributed by atoms with Gasteiger partial charge in [0.15, 0.2) is 6.23 Å². The van der Waals surface area contributed by atoms with Crippen molar-refractivity contribution >= 4 is 11.6 Å². The van der Waals surface area contributed by atoms with Crippen LogP contribution in [0.5, 0.6) is 0 Å². The minimum atomic E-state index is -1.09. The van der Waals surface area contributed by atoms with Gasteiger partial charge in [-0.3, -0.25) is 14.9 Å². The second-order valence-corrected chi connectivity index (χ2v) is 3.29. The molecule has 1 aromatic rings. The van der Waals surface area contributed by atoms with Gasteiger partial charge in [0.25, 0.3) is 11.6 Å². The average molecular weight is 208 g/mol. The number of carbonyl (C=O) groups excluding carboxylic acids is 1. The molecular weight excluding hydrogens is 200 g/mol. The van der Waals surface area contributed by atoms with E-state index in [1.807, 2.05) is 0 Å². The maximum Gasteiger partial charge on any atom is 0.282 e. The number of aliphatic hydroxyl groups is 1. The van der Waals surface area contributed by atoms with Gasteiger partial charge in [-0.1, -0.05) is 12.1 Å². The number of benzene rings is 1. The minimum Gasteiger partial charge on any atom is -0.369 e. The van der Waals surface area contributed by atoms with Crippen molar-refractivity contribution in [3.63, 3.8) is 0 Å². The van der Waals surface area contributed by atoms with Gasteiger partial charge < -0.3 is 10.0 Å². The third-order valence-corrected chi connectivity index (χ3v) is 2.45. The number of hydrogen-bond acceptors (Lipinski definition) is 4. The van der Waals surface area contributed by atoms with Gasteiger partial charge in [-0.15, -0.1) is 0 Å². The van der Waals surface area contributed by atoms with E-state index in [2.05, 4.69) is 0 Å². The van der Waals surface area contributed by atoms with Gasteiger partial charge in [0, 0.05) is 18.7 Å². The van der Waals surface area contributed by atoms with Crippen LogP contribution in [0.15, 0.2) is 18.2 Å². The SMILES string of the molecule is CN1C(=O)c2c(cccc2[N+](=O)[O-])C1O. The highest BCUT2D eigenvalue weighted by atomic mass is 16.6. The fourth-order valence-electron chi connectivity index (χ4n) is 1.65. The van der Waals surface area contributed by atoms with Crippen LogP contribution in [0.2, 0.25) is 0 Å². The number of nitrogens with zero attached hydrogens (tertiary/aromatic N) is 2. The molecule has 0 aliphatic carbocycles. The molecule has 0 saturated heterocycles. The summed E-state index contributed by atoms with van der Waals surface area (Å²) in [6, 6.07) is 4.21. The third kappa shape index (κ3) is 1.18. The Bertz CT molecular complexity index is 457. The molecule has 1 aromatic carbocycles. The Morgan fingerprint density at radius 1 is 1.53 bits per heavy atom. The largest absolute Gasteiger partial charge is 0.369 e. The van der Waals surface area contributed by atoms with Crippen LogP contribution in [0.4, 0.5) is 5.69 Å². The zero-order chi connectivity index (χ0) is 11.2. The van der Waals surface area contributed by atoms with E-state index in [0.717, 1.165) is 4.90 Å². The van der Waals surface area contributed by atoms with E-state index in [4.69, 9.17) is 0 Å². The van der Waals surface area contributed by atoms with E-state index in [-0.39, 0.29) is 16.8 Å². The summed E-state index contributed by atoms with van der Waals surface area (Å²) in [4.78, 5) is 22.7. The Morgan fingerprint density at radius 3 is 2.80 bits per heavy atom. The van der Waals surface area contributed by atoms with Gasteiger partial charge >= 0.3 is 0 Å². The van der Waals surface area contributed by atoms with Crippen LogP contribution in [-0.2, 0) is 0 Å². The summed E-state index contributed by atoms with van der Waals surface area (Å²) in [6.07, 6.45) is -1.09. The van der Waals surface area contributed by atoms with Crippen LogP contribution in [0.25, 0.3) is 0 Å². The molecule has 1 aliphatic rings. The van der Waals surface area contributed by atoms with Gasteiger partial charge in [0.2, 0.25) is 0 Å². The van der Waals surface area contributed by atoms with E-state index in [9.17, 15) is 20.0 Å². The summed E-state index contributed by atoms with van der Waals surface area (Å²) in [6.45, 7) is 0. The number of rotatable bonds is 1. The highest BCUT2D eigenvalue weighted by Gasteiger charge is 2.38. The Hall–Kier alpha value is -1.95. The molecule has 0 radical (unpaired) electrons. The number of aliphatic hydroxyl groups excluding tert-OH is 1. The number of nitro groups is 1. The van der Waals surface area contributed by atoms with E-state index < -0.39 is 17.1 Å². The monoisotopic (exact) mass is 208 g/mol. The summed E-state index contributed by atoms with van der Waals surface area (Å²) in [7, 11) is 1.40. The van der Waals surface area contributed by atoms with E-state index in [1.165, 1.54) is 25.2 Å². The molecule has 6 heteroatoms. The average Bonchev–Trinajstić information content (AvgIpc) is 2.44. The fourth-order valence-corrected chi connectivity index (χ4v) is 1.65. The molecule has 0 spiro atoms. The van der Waals surface area contributed by atoms with Crippen molar-refractivity contribution in [2.75, 3.05) is 7.05 Å². The summed E-state index contributed by atoms with van der Waals surface area (Å²) >= 11 is 0. The van der Waals surface area contributed by atoms with Crippen molar-refractivity contribution in [1.82, 2.24) is 4.90 Å². The maximum absolute atomic E-state index is 11.6. The molecule has 1 heterocycles. The Kier molecular flexibility index (Phi) is 1.94. The summed E-state index contributed by atoms with van der Waals surface area (Å²) in [5.74, 6) is -0.523. The van der Waals surface area contributed by atoms with E-state index >= 15 is 0 Å². The van der Waals surface area contributed by atoms with Crippen LogP contribution < -0.4 is 0 Å². The first-order valence-corrected chi connectivity index (χ1v) is 4.26. The van der Waals surface area contributed by atoms with Crippen molar-refractivity contribution in [2.45, 2.75) is 6.23 Å². The van der Waals surface area contributed by atoms with Gasteiger partial charge in [-0.25, -0.2) is 0 Å². The number of fused-ring (bicyclic) bond motifs is 1. The number of hydrogen-bond donors (Lipinski definition) is 1. The zero-order valence-electron chi connectivity index (χ0n) is 7.88. The smallest absolute Gasteiger partial charge is 0.282 e. The first-order valence-electron chi connectivity index (χ1n) is 4.26. The molecule has 78 valence electrons. The highest BCUT2D eigenvalue weighted by Crippen LogP contribution is 2.35. The molecule has 1 atom stereocenters. The van der Waals surface area contributed by atoms with Crippen molar-refractivity contribution in [3.05, 3.63) is 39.4 Å². The lowest BCUT2D eigenvalue weighted by Crippen LogP contribution is -2.22. The molecule has 1 amide bonds. The van der Waals surface area contributed by atoms with Crippen molar-refractivity contribution in [2.24, 2.45) is 0 Å². The maximum atomic E-state index is 11.6. The zero-order valence-corrected chi connectivity index (χ0v) is 7.88. The molecule has 1 unspecified atom stereocenters. The third-order valence-electron chi connectivity index (χ3n) is 2.45. The molecular formula is C9H8N2O4. The molecule has 15 heavy (non-hydrogen) atoms. The predicted octanol–water partition coefficient (Wildman–Crippen LogP) is 0.671. The molecule has 2 rings (SSSR count). The Labute approximate surface area is 84.9 Å². The van der Waals surface area contributed by atoms with Crippen molar-refractivity contribution in [1.29, 1.82) is 0 Å². The first-order chi connectivity index (χ1) is 7.04. The van der Waals surface area contributed by atoms with Crippen molar-refractivity contribution < 1.29 is 14.8 Å². The van der Waals surface area contributed by atoms with Crippen molar-refractivity contribution in [3.8, 4) is 0 Å². The highest BCUT2D eigenvalue weighted by molar-refractivity contribution is 6.02. The molecule has 0 aromatic heterocycles. The second-order valence-electron chi connectivity index (χ2n) is 3.29.